The average molecular weight is 784 g/mol. The van der Waals surface area contributed by atoms with Gasteiger partial charge in [-0.2, -0.15) is 54.6 Å². The molecule has 0 saturated heterocycles. The van der Waals surface area contributed by atoms with Crippen molar-refractivity contribution in [2.45, 2.75) is 36.4 Å². The van der Waals surface area contributed by atoms with Gasteiger partial charge in [-0.05, 0) is 28.5 Å². The predicted molar refractivity (Wildman–Crippen MR) is 206 cm³/mol. The van der Waals surface area contributed by atoms with Crippen LogP contribution in [-0.2, 0) is 54.2 Å². The summed E-state index contributed by atoms with van der Waals surface area (Å²) in [5.41, 5.74) is 9.95. The van der Waals surface area contributed by atoms with Crippen LogP contribution in [0, 0.1) is 24.3 Å². The number of halogens is 4. The Labute approximate surface area is 320 Å². The van der Waals surface area contributed by atoms with E-state index >= 15 is 0 Å². The summed E-state index contributed by atoms with van der Waals surface area (Å²) in [5, 5.41) is 5.30. The second kappa shape index (κ2) is 20.7. The van der Waals surface area contributed by atoms with E-state index in [0.29, 0.717) is 23.5 Å². The minimum atomic E-state index is 0.529. The quantitative estimate of drug-likeness (QED) is 0.0948. The first-order valence-corrected chi connectivity index (χ1v) is 19.3. The van der Waals surface area contributed by atoms with E-state index in [4.69, 9.17) is 46.4 Å². The predicted octanol–water partition coefficient (Wildman–Crippen LogP) is 12.6. The van der Waals surface area contributed by atoms with Gasteiger partial charge in [-0.1, -0.05) is 53.9 Å². The third-order valence-corrected chi connectivity index (χ3v) is 8.85. The van der Waals surface area contributed by atoms with Crippen molar-refractivity contribution in [3.05, 3.63) is 179 Å². The van der Waals surface area contributed by atoms with E-state index in [1.807, 2.05) is 54.6 Å². The number of rotatable bonds is 4. The Morgan fingerprint density at radius 2 is 1.19 bits per heavy atom. The van der Waals surface area contributed by atoms with Gasteiger partial charge in [0, 0.05) is 23.5 Å². The molecule has 5 heteroatoms. The average Bonchev–Trinajstić information content (AvgIpc) is 3.89. The van der Waals surface area contributed by atoms with E-state index in [1.54, 1.807) is 0 Å². The van der Waals surface area contributed by atoms with E-state index < -0.39 is 0 Å². The van der Waals surface area contributed by atoms with Crippen molar-refractivity contribution in [1.29, 1.82) is 0 Å². The van der Waals surface area contributed by atoms with Crippen molar-refractivity contribution < 1.29 is 24.2 Å². The number of allylic oxidation sites excluding steroid dienone is 4. The molecule has 2 aliphatic rings. The third-order valence-electron chi connectivity index (χ3n) is 7.62. The number of benzene rings is 6. The van der Waals surface area contributed by atoms with E-state index in [-0.39, 0.29) is 0 Å². The molecule has 0 fully saturated rings. The first-order valence-electron chi connectivity index (χ1n) is 15.4. The van der Waals surface area contributed by atoms with Crippen molar-refractivity contribution in [1.82, 2.24) is 0 Å². The fraction of sp³-hybridized carbons (Fsp3) is 0.140. The van der Waals surface area contributed by atoms with Crippen LogP contribution < -0.4 is 0 Å². The minimum Gasteiger partial charge on any atom is -0.147 e. The molecule has 6 aromatic rings. The van der Waals surface area contributed by atoms with Crippen LogP contribution in [0.3, 0.4) is 0 Å². The number of fused-ring (bicyclic) bond motifs is 8. The molecule has 0 aromatic heterocycles. The molecule has 6 aromatic carbocycles. The summed E-state index contributed by atoms with van der Waals surface area (Å²) in [6, 6.07) is 44.7. The molecule has 0 aliphatic heterocycles. The van der Waals surface area contributed by atoms with Gasteiger partial charge in [-0.15, -0.1) is 116 Å². The van der Waals surface area contributed by atoms with Crippen molar-refractivity contribution >= 4 is 72.2 Å². The molecule has 0 unspecified atom stereocenters. The van der Waals surface area contributed by atoms with Crippen LogP contribution >= 0.6 is 46.4 Å². The van der Waals surface area contributed by atoms with Gasteiger partial charge >= 0.3 is 28.4 Å². The Bertz CT molecular complexity index is 1880. The van der Waals surface area contributed by atoms with Crippen LogP contribution in [0.4, 0.5) is 0 Å². The van der Waals surface area contributed by atoms with Gasteiger partial charge in [0.15, 0.2) is 0 Å². The van der Waals surface area contributed by atoms with Gasteiger partial charge in [0.25, 0.3) is 0 Å². The molecule has 0 radical (unpaired) electrons. The van der Waals surface area contributed by atoms with E-state index in [1.165, 1.54) is 68.0 Å². The van der Waals surface area contributed by atoms with Crippen LogP contribution in [-0.4, -0.2) is 4.21 Å². The standard InChI is InChI=1S/C21H13.2C8H7Cl2.C5H5.CH2.Zr/c1-2-8-15-14(7-1)13-20-18-11-4-3-9-16(18)17-10-5-6-12-19(17)21(15)20;2*9-5-7-2-1-3-8(4-7)6-10;1-2-4-5-3-1;;/h1-10,12H,13H2;2*2-4H,5-6H2;1-3H,4H2;1H2;/q4*-1;;. The number of hydrogen-bond donors (Lipinski definition) is 0. The first kappa shape index (κ1) is 38.0. The van der Waals surface area contributed by atoms with Gasteiger partial charge in [0.1, 0.15) is 0 Å². The molecular formula is C43H34Cl4Zr-4. The maximum Gasteiger partial charge on any atom is -0.0240 e. The van der Waals surface area contributed by atoms with E-state index in [9.17, 15) is 0 Å². The molecular weight excluding hydrogens is 750 g/mol. The molecule has 48 heavy (non-hydrogen) atoms. The molecule has 0 bridgehead atoms. The Morgan fingerprint density at radius 3 is 1.71 bits per heavy atom. The van der Waals surface area contributed by atoms with E-state index in [0.717, 1.165) is 35.1 Å². The molecule has 0 saturated carbocycles. The molecule has 0 spiro atoms. The van der Waals surface area contributed by atoms with Crippen LogP contribution in [0.2, 0.25) is 0 Å². The SMILES string of the molecule is ClCc1c[c-]cc(CCl)c1.ClCc1c[c-]cc(CCl)c1.[C-]1=CC=CC1.[CH2]=[Zr].[c-]1cccc2c1c1c(c3ccccc32)-c2ccccc2C1. The van der Waals surface area contributed by atoms with Crippen LogP contribution in [0.25, 0.3) is 32.7 Å². The van der Waals surface area contributed by atoms with Gasteiger partial charge in [-0.3, -0.25) is 6.08 Å². The minimum absolute atomic E-state index is 0.529. The van der Waals surface area contributed by atoms with Crippen molar-refractivity contribution in [2.75, 3.05) is 0 Å². The largest absolute Gasteiger partial charge is 0.147 e. The first-order chi connectivity index (χ1) is 23.7. The normalized spacial score (nSPS) is 11.5. The summed E-state index contributed by atoms with van der Waals surface area (Å²) in [4.78, 5) is 0. The molecule has 0 heterocycles. The fourth-order valence-electron chi connectivity index (χ4n) is 5.53. The summed E-state index contributed by atoms with van der Waals surface area (Å²) < 4.78 is 3.34. The molecule has 8 rings (SSSR count). The monoisotopic (exact) mass is 780 g/mol. The molecule has 0 nitrogen and oxygen atoms in total. The van der Waals surface area contributed by atoms with Crippen LogP contribution in [0.15, 0.2) is 121 Å². The Kier molecular flexibility index (Phi) is 16.4. The van der Waals surface area contributed by atoms with Gasteiger partial charge in [-0.25, -0.2) is 12.2 Å². The summed E-state index contributed by atoms with van der Waals surface area (Å²) >= 11 is 23.7. The fourth-order valence-corrected chi connectivity index (χ4v) is 6.15. The summed E-state index contributed by atoms with van der Waals surface area (Å²) in [7, 11) is 0. The maximum atomic E-state index is 5.59. The second-order valence-corrected chi connectivity index (χ2v) is 11.8. The zero-order valence-electron chi connectivity index (χ0n) is 26.5. The van der Waals surface area contributed by atoms with Gasteiger partial charge in [0.2, 0.25) is 0 Å². The Hall–Kier alpha value is -2.77. The molecule has 0 amide bonds. The third kappa shape index (κ3) is 10.1. The molecule has 0 atom stereocenters. The maximum absolute atomic E-state index is 5.59. The van der Waals surface area contributed by atoms with Crippen molar-refractivity contribution in [3.63, 3.8) is 0 Å². The number of hydrogen-bond acceptors (Lipinski definition) is 0. The Balaban J connectivity index is 0.000000162. The van der Waals surface area contributed by atoms with Crippen LogP contribution in [0.1, 0.15) is 39.8 Å². The smallest absolute Gasteiger partial charge is 0.0240 e. The molecule has 0 N–H and O–H groups in total. The van der Waals surface area contributed by atoms with Gasteiger partial charge in [0.05, 0.1) is 0 Å². The zero-order valence-corrected chi connectivity index (χ0v) is 32.0. The summed E-state index contributed by atoms with van der Waals surface area (Å²) in [6.45, 7) is 0. The zero-order chi connectivity index (χ0) is 34.1. The Morgan fingerprint density at radius 1 is 0.646 bits per heavy atom. The van der Waals surface area contributed by atoms with E-state index in [2.05, 4.69) is 95.2 Å². The van der Waals surface area contributed by atoms with Crippen molar-refractivity contribution in [3.8, 4) is 11.1 Å². The van der Waals surface area contributed by atoms with Gasteiger partial charge < -0.3 is 0 Å². The second-order valence-electron chi connectivity index (χ2n) is 10.7. The van der Waals surface area contributed by atoms with Crippen molar-refractivity contribution in [2.24, 2.45) is 0 Å². The summed E-state index contributed by atoms with van der Waals surface area (Å²) in [6.07, 6.45) is 11.0. The summed E-state index contributed by atoms with van der Waals surface area (Å²) in [5.74, 6) is 2.12. The molecule has 242 valence electrons. The van der Waals surface area contributed by atoms with Crippen LogP contribution in [0.5, 0.6) is 0 Å². The molecule has 2 aliphatic carbocycles. The number of alkyl halides is 4. The topological polar surface area (TPSA) is 0 Å².